The smallest absolute Gasteiger partial charge is 0.272 e. The van der Waals surface area contributed by atoms with Crippen LogP contribution in [0.1, 0.15) is 16.1 Å². The third kappa shape index (κ3) is 3.62. The Labute approximate surface area is 121 Å². The van der Waals surface area contributed by atoms with Gasteiger partial charge in [-0.15, -0.1) is 4.83 Å². The van der Waals surface area contributed by atoms with Crippen molar-refractivity contribution in [3.63, 3.8) is 0 Å². The van der Waals surface area contributed by atoms with E-state index < -0.39 is 15.9 Å². The maximum atomic E-state index is 11.9. The minimum absolute atomic E-state index is 0.0668. The molecule has 1 aromatic heterocycles. The Kier molecular flexibility index (Phi) is 4.27. The van der Waals surface area contributed by atoms with Crippen molar-refractivity contribution >= 4 is 15.9 Å². The molecule has 0 aliphatic rings. The number of hydrogen-bond donors (Lipinski definition) is 2. The number of sulfonamides is 1. The van der Waals surface area contributed by atoms with Gasteiger partial charge in [0.1, 0.15) is 5.69 Å². The summed E-state index contributed by atoms with van der Waals surface area (Å²) in [6, 6.07) is 11.9. The van der Waals surface area contributed by atoms with Gasteiger partial charge in [0.2, 0.25) is 0 Å². The Morgan fingerprint density at radius 2 is 1.86 bits per heavy atom. The Morgan fingerprint density at radius 1 is 1.14 bits per heavy atom. The lowest BCUT2D eigenvalue weighted by Gasteiger charge is -2.08. The summed E-state index contributed by atoms with van der Waals surface area (Å²) in [6.45, 7) is 0. The van der Waals surface area contributed by atoms with E-state index in [9.17, 15) is 13.2 Å². The monoisotopic (exact) mass is 302 g/mol. The average molecular weight is 302 g/mol. The summed E-state index contributed by atoms with van der Waals surface area (Å²) in [5.74, 6) is -0.673. The molecule has 21 heavy (non-hydrogen) atoms. The number of amides is 1. The largest absolute Gasteiger partial charge is 0.284 e. The lowest BCUT2D eigenvalue weighted by Crippen LogP contribution is -2.41. The normalized spacial score (nSPS) is 10.6. The molecule has 0 bridgehead atoms. The number of hydrogen-bond acceptors (Lipinski definition) is 5. The number of nitrogens with zero attached hydrogens (tertiary/aromatic N) is 2. The predicted octanol–water partition coefficient (Wildman–Crippen LogP) is 0.577. The van der Waals surface area contributed by atoms with Gasteiger partial charge in [0.15, 0.2) is 0 Å². The Hall–Kier alpha value is -2.76. The number of benzene rings is 1. The molecule has 8 heteroatoms. The second-order valence-corrected chi connectivity index (χ2v) is 5.59. The summed E-state index contributed by atoms with van der Waals surface area (Å²) >= 11 is 0. The first-order chi connectivity index (χ1) is 10.0. The molecule has 0 atom stereocenters. The van der Waals surface area contributed by atoms with Gasteiger partial charge >= 0.3 is 0 Å². The van der Waals surface area contributed by atoms with E-state index >= 15 is 0 Å². The van der Waals surface area contributed by atoms with E-state index in [2.05, 4.69) is 10.4 Å². The highest BCUT2D eigenvalue weighted by atomic mass is 32.2. The van der Waals surface area contributed by atoms with Gasteiger partial charge in [-0.05, 0) is 36.4 Å². The van der Waals surface area contributed by atoms with Crippen LogP contribution in [-0.2, 0) is 10.0 Å². The van der Waals surface area contributed by atoms with Gasteiger partial charge in [-0.25, -0.2) is 8.42 Å². The fourth-order valence-electron chi connectivity index (χ4n) is 1.44. The first kappa shape index (κ1) is 14.6. The second kappa shape index (κ2) is 6.13. The molecular formula is C13H10N4O3S. The SMILES string of the molecule is N#Cc1ccc(S(=O)(=O)NNC(=O)c2ccccn2)cc1. The third-order valence-corrected chi connectivity index (χ3v) is 3.75. The van der Waals surface area contributed by atoms with Gasteiger partial charge < -0.3 is 0 Å². The average Bonchev–Trinajstić information content (AvgIpc) is 2.53. The number of nitriles is 1. The third-order valence-electron chi connectivity index (χ3n) is 2.49. The van der Waals surface area contributed by atoms with Crippen molar-refractivity contribution in [1.82, 2.24) is 15.2 Å². The number of rotatable bonds is 4. The fourth-order valence-corrected chi connectivity index (χ4v) is 2.28. The van der Waals surface area contributed by atoms with Crippen molar-refractivity contribution in [3.05, 3.63) is 59.9 Å². The molecule has 0 saturated carbocycles. The highest BCUT2D eigenvalue weighted by Gasteiger charge is 2.15. The Bertz CT molecular complexity index is 780. The topological polar surface area (TPSA) is 112 Å². The fraction of sp³-hybridized carbons (Fsp3) is 0. The standard InChI is InChI=1S/C13H10N4O3S/c14-9-10-4-6-11(7-5-10)21(19,20)17-16-13(18)12-3-1-2-8-15-12/h1-8,17H,(H,16,18). The highest BCUT2D eigenvalue weighted by molar-refractivity contribution is 7.89. The predicted molar refractivity (Wildman–Crippen MR) is 73.2 cm³/mol. The van der Waals surface area contributed by atoms with Gasteiger partial charge in [0, 0.05) is 6.20 Å². The van der Waals surface area contributed by atoms with Crippen LogP contribution in [0.25, 0.3) is 0 Å². The molecule has 1 aromatic carbocycles. The van der Waals surface area contributed by atoms with Crippen molar-refractivity contribution < 1.29 is 13.2 Å². The molecule has 0 unspecified atom stereocenters. The number of carbonyl (C=O) groups excluding carboxylic acids is 1. The molecule has 1 amide bonds. The zero-order valence-electron chi connectivity index (χ0n) is 10.6. The number of pyridine rings is 1. The van der Waals surface area contributed by atoms with Crippen molar-refractivity contribution in [2.24, 2.45) is 0 Å². The Balaban J connectivity index is 2.08. The Morgan fingerprint density at radius 3 is 2.43 bits per heavy atom. The van der Waals surface area contributed by atoms with Crippen molar-refractivity contribution in [2.45, 2.75) is 4.90 Å². The lowest BCUT2D eigenvalue weighted by atomic mass is 10.2. The van der Waals surface area contributed by atoms with Crippen LogP contribution in [0.2, 0.25) is 0 Å². The van der Waals surface area contributed by atoms with Crippen LogP contribution >= 0.6 is 0 Å². The van der Waals surface area contributed by atoms with E-state index in [1.54, 1.807) is 12.1 Å². The van der Waals surface area contributed by atoms with Gasteiger partial charge in [-0.3, -0.25) is 15.2 Å². The van der Waals surface area contributed by atoms with Gasteiger partial charge in [0.05, 0.1) is 16.5 Å². The summed E-state index contributed by atoms with van der Waals surface area (Å²) in [6.07, 6.45) is 1.42. The second-order valence-electron chi connectivity index (χ2n) is 3.91. The zero-order chi connectivity index (χ0) is 15.3. The molecule has 1 heterocycles. The first-order valence-electron chi connectivity index (χ1n) is 5.76. The number of aromatic nitrogens is 1. The zero-order valence-corrected chi connectivity index (χ0v) is 11.5. The minimum atomic E-state index is -3.91. The molecule has 0 fully saturated rings. The highest BCUT2D eigenvalue weighted by Crippen LogP contribution is 2.09. The van der Waals surface area contributed by atoms with E-state index in [-0.39, 0.29) is 10.6 Å². The quantitative estimate of drug-likeness (QED) is 0.802. The van der Waals surface area contributed by atoms with E-state index in [0.717, 1.165) is 0 Å². The molecule has 2 rings (SSSR count). The molecule has 0 saturated heterocycles. The molecule has 0 aliphatic heterocycles. The summed E-state index contributed by atoms with van der Waals surface area (Å²) < 4.78 is 23.9. The summed E-state index contributed by atoms with van der Waals surface area (Å²) in [4.78, 5) is 17.4. The number of hydrazine groups is 1. The van der Waals surface area contributed by atoms with Gasteiger partial charge in [0.25, 0.3) is 15.9 Å². The van der Waals surface area contributed by atoms with Gasteiger partial charge in [-0.2, -0.15) is 5.26 Å². The van der Waals surface area contributed by atoms with Crippen molar-refractivity contribution in [2.75, 3.05) is 0 Å². The lowest BCUT2D eigenvalue weighted by molar-refractivity contribution is 0.0940. The van der Waals surface area contributed by atoms with Crippen LogP contribution in [0.5, 0.6) is 0 Å². The van der Waals surface area contributed by atoms with Crippen LogP contribution in [0.3, 0.4) is 0 Å². The summed E-state index contributed by atoms with van der Waals surface area (Å²) in [5, 5.41) is 8.65. The molecule has 2 N–H and O–H groups in total. The molecule has 2 aromatic rings. The van der Waals surface area contributed by atoms with Gasteiger partial charge in [-0.1, -0.05) is 6.07 Å². The maximum Gasteiger partial charge on any atom is 0.284 e. The maximum absolute atomic E-state index is 11.9. The molecule has 0 spiro atoms. The van der Waals surface area contributed by atoms with E-state index in [1.807, 2.05) is 10.9 Å². The van der Waals surface area contributed by atoms with E-state index in [0.29, 0.717) is 5.56 Å². The molecular weight excluding hydrogens is 292 g/mol. The molecule has 0 radical (unpaired) electrons. The van der Waals surface area contributed by atoms with Crippen molar-refractivity contribution in [1.29, 1.82) is 5.26 Å². The van der Waals surface area contributed by atoms with Crippen LogP contribution in [0, 0.1) is 11.3 Å². The van der Waals surface area contributed by atoms with E-state index in [1.165, 1.54) is 36.5 Å². The molecule has 7 nitrogen and oxygen atoms in total. The van der Waals surface area contributed by atoms with E-state index in [4.69, 9.17) is 5.26 Å². The number of carbonyl (C=O) groups is 1. The van der Waals surface area contributed by atoms with Crippen LogP contribution in [-0.4, -0.2) is 19.3 Å². The molecule has 0 aliphatic carbocycles. The number of nitrogens with one attached hydrogen (secondary N) is 2. The van der Waals surface area contributed by atoms with Crippen molar-refractivity contribution in [3.8, 4) is 6.07 Å². The van der Waals surface area contributed by atoms with Crippen LogP contribution < -0.4 is 10.3 Å². The molecule has 106 valence electrons. The summed E-state index contributed by atoms with van der Waals surface area (Å²) in [5.41, 5.74) is 2.48. The van der Waals surface area contributed by atoms with Crippen LogP contribution in [0.4, 0.5) is 0 Å². The minimum Gasteiger partial charge on any atom is -0.272 e. The summed E-state index contributed by atoms with van der Waals surface area (Å²) in [7, 11) is -3.91. The van der Waals surface area contributed by atoms with Crippen LogP contribution in [0.15, 0.2) is 53.6 Å². The first-order valence-corrected chi connectivity index (χ1v) is 7.24.